The van der Waals surface area contributed by atoms with Crippen molar-refractivity contribution in [2.45, 2.75) is 26.2 Å². The lowest BCUT2D eigenvalue weighted by atomic mass is 9.87. The highest BCUT2D eigenvalue weighted by Gasteiger charge is 2.27. The molecule has 2 aromatic heterocycles. The lowest BCUT2D eigenvalue weighted by Crippen LogP contribution is -2.11. The molecule has 3 heterocycles. The number of carbonyl (C=O) groups is 1. The second-order valence-corrected chi connectivity index (χ2v) is 5.90. The van der Waals surface area contributed by atoms with Crippen molar-refractivity contribution >= 4 is 23.4 Å². The van der Waals surface area contributed by atoms with E-state index in [-0.39, 0.29) is 11.3 Å². The summed E-state index contributed by atoms with van der Waals surface area (Å²) >= 11 is 0. The molecule has 1 aliphatic heterocycles. The van der Waals surface area contributed by atoms with Gasteiger partial charge in [0.1, 0.15) is 11.6 Å². The summed E-state index contributed by atoms with van der Waals surface area (Å²) in [5.41, 5.74) is 2.51. The Morgan fingerprint density at radius 1 is 1.35 bits per heavy atom. The zero-order chi connectivity index (χ0) is 14.3. The molecule has 0 saturated heterocycles. The van der Waals surface area contributed by atoms with Crippen molar-refractivity contribution in [3.8, 4) is 0 Å². The lowest BCUT2D eigenvalue weighted by molar-refractivity contribution is -0.110. The van der Waals surface area contributed by atoms with Crippen LogP contribution in [0.15, 0.2) is 35.1 Å². The molecule has 0 aliphatic carbocycles. The van der Waals surface area contributed by atoms with Gasteiger partial charge in [-0.2, -0.15) is 0 Å². The SMILES string of the molecule is CC(C)(C)c1cnc2c(c1)/C(=C\c1ccco1)C(=O)N2. The van der Waals surface area contributed by atoms with E-state index in [2.05, 4.69) is 31.1 Å². The highest BCUT2D eigenvalue weighted by Crippen LogP contribution is 2.34. The Morgan fingerprint density at radius 3 is 2.80 bits per heavy atom. The summed E-state index contributed by atoms with van der Waals surface area (Å²) in [6, 6.07) is 5.64. The van der Waals surface area contributed by atoms with Crippen LogP contribution in [0.2, 0.25) is 0 Å². The molecule has 0 radical (unpaired) electrons. The molecule has 0 unspecified atom stereocenters. The zero-order valence-electron chi connectivity index (χ0n) is 11.7. The van der Waals surface area contributed by atoms with Gasteiger partial charge < -0.3 is 9.73 Å². The summed E-state index contributed by atoms with van der Waals surface area (Å²) in [6.07, 6.45) is 5.15. The Hall–Kier alpha value is -2.36. The van der Waals surface area contributed by atoms with E-state index in [1.54, 1.807) is 18.4 Å². The quantitative estimate of drug-likeness (QED) is 0.806. The van der Waals surface area contributed by atoms with Crippen LogP contribution in [-0.2, 0) is 10.2 Å². The first kappa shape index (κ1) is 12.7. The van der Waals surface area contributed by atoms with E-state index in [4.69, 9.17) is 4.42 Å². The van der Waals surface area contributed by atoms with E-state index < -0.39 is 0 Å². The number of amides is 1. The topological polar surface area (TPSA) is 55.1 Å². The van der Waals surface area contributed by atoms with Gasteiger partial charge in [0, 0.05) is 11.8 Å². The van der Waals surface area contributed by atoms with Crippen molar-refractivity contribution in [3.63, 3.8) is 0 Å². The molecule has 3 rings (SSSR count). The number of furan rings is 1. The van der Waals surface area contributed by atoms with E-state index >= 15 is 0 Å². The first-order valence-electron chi connectivity index (χ1n) is 6.52. The molecule has 0 saturated carbocycles. The van der Waals surface area contributed by atoms with Gasteiger partial charge in [0.25, 0.3) is 5.91 Å². The Morgan fingerprint density at radius 2 is 2.15 bits per heavy atom. The molecule has 0 atom stereocenters. The number of nitrogens with one attached hydrogen (secondary N) is 1. The minimum Gasteiger partial charge on any atom is -0.465 e. The van der Waals surface area contributed by atoms with Crippen LogP contribution in [0.3, 0.4) is 0 Å². The molecule has 4 nitrogen and oxygen atoms in total. The van der Waals surface area contributed by atoms with Gasteiger partial charge in [-0.15, -0.1) is 0 Å². The summed E-state index contributed by atoms with van der Waals surface area (Å²) in [7, 11) is 0. The maximum absolute atomic E-state index is 12.1. The molecule has 0 fully saturated rings. The number of pyridine rings is 1. The average molecular weight is 268 g/mol. The monoisotopic (exact) mass is 268 g/mol. The fraction of sp³-hybridized carbons (Fsp3) is 0.250. The first-order chi connectivity index (χ1) is 9.45. The minimum atomic E-state index is -0.144. The number of fused-ring (bicyclic) bond motifs is 1. The van der Waals surface area contributed by atoms with Crippen molar-refractivity contribution in [1.29, 1.82) is 0 Å². The smallest absolute Gasteiger partial charge is 0.257 e. The van der Waals surface area contributed by atoms with Crippen molar-refractivity contribution in [2.75, 3.05) is 5.32 Å². The van der Waals surface area contributed by atoms with E-state index in [9.17, 15) is 4.79 Å². The number of nitrogens with zero attached hydrogens (tertiary/aromatic N) is 1. The Balaban J connectivity index is 2.11. The lowest BCUT2D eigenvalue weighted by Gasteiger charge is -2.19. The number of hydrogen-bond donors (Lipinski definition) is 1. The van der Waals surface area contributed by atoms with Crippen molar-refractivity contribution in [2.24, 2.45) is 0 Å². The van der Waals surface area contributed by atoms with Crippen LogP contribution in [0, 0.1) is 0 Å². The standard InChI is InChI=1S/C16H16N2O2/c1-16(2,3)10-7-12-13(8-11-5-4-6-20-11)15(19)18-14(12)17-9-10/h4-9H,1-3H3,(H,17,18,19)/b13-8+. The maximum atomic E-state index is 12.1. The molecular formula is C16H16N2O2. The van der Waals surface area contributed by atoms with Gasteiger partial charge in [0.15, 0.2) is 0 Å². The van der Waals surface area contributed by atoms with Gasteiger partial charge in [-0.3, -0.25) is 4.79 Å². The highest BCUT2D eigenvalue weighted by atomic mass is 16.3. The van der Waals surface area contributed by atoms with Gasteiger partial charge in [-0.25, -0.2) is 4.98 Å². The van der Waals surface area contributed by atoms with E-state index in [1.807, 2.05) is 18.3 Å². The number of carbonyl (C=O) groups excluding carboxylic acids is 1. The fourth-order valence-corrected chi connectivity index (χ4v) is 2.14. The number of hydrogen-bond acceptors (Lipinski definition) is 3. The molecule has 1 aliphatic rings. The second kappa shape index (κ2) is 4.34. The number of rotatable bonds is 1. The molecule has 4 heteroatoms. The van der Waals surface area contributed by atoms with Gasteiger partial charge in [-0.05, 0) is 35.3 Å². The van der Waals surface area contributed by atoms with Crippen LogP contribution in [0.4, 0.5) is 5.82 Å². The summed E-state index contributed by atoms with van der Waals surface area (Å²) in [6.45, 7) is 6.36. The molecule has 0 bridgehead atoms. The Labute approximate surface area is 117 Å². The Bertz CT molecular complexity index is 692. The van der Waals surface area contributed by atoms with Gasteiger partial charge in [0.05, 0.1) is 11.8 Å². The minimum absolute atomic E-state index is 0.0105. The van der Waals surface area contributed by atoms with Crippen molar-refractivity contribution < 1.29 is 9.21 Å². The number of aromatic nitrogens is 1. The third-order valence-electron chi connectivity index (χ3n) is 3.35. The molecule has 0 aromatic carbocycles. The van der Waals surface area contributed by atoms with E-state index in [0.717, 1.165) is 11.1 Å². The third kappa shape index (κ3) is 2.13. The molecule has 1 amide bonds. The fourth-order valence-electron chi connectivity index (χ4n) is 2.14. The average Bonchev–Trinajstić information content (AvgIpc) is 2.97. The van der Waals surface area contributed by atoms with Crippen LogP contribution in [0.5, 0.6) is 0 Å². The van der Waals surface area contributed by atoms with Crippen LogP contribution in [0.25, 0.3) is 11.6 Å². The van der Waals surface area contributed by atoms with E-state index in [0.29, 0.717) is 17.2 Å². The van der Waals surface area contributed by atoms with Gasteiger partial charge in [0.2, 0.25) is 0 Å². The molecule has 0 spiro atoms. The normalized spacial score (nSPS) is 16.4. The molecular weight excluding hydrogens is 252 g/mol. The van der Waals surface area contributed by atoms with Crippen molar-refractivity contribution in [1.82, 2.24) is 4.98 Å². The molecule has 20 heavy (non-hydrogen) atoms. The molecule has 2 aromatic rings. The Kier molecular flexibility index (Phi) is 2.74. The third-order valence-corrected chi connectivity index (χ3v) is 3.35. The van der Waals surface area contributed by atoms with E-state index in [1.165, 1.54) is 0 Å². The summed E-state index contributed by atoms with van der Waals surface area (Å²) < 4.78 is 5.28. The summed E-state index contributed by atoms with van der Waals surface area (Å²) in [4.78, 5) is 16.4. The van der Waals surface area contributed by atoms with Gasteiger partial charge >= 0.3 is 0 Å². The summed E-state index contributed by atoms with van der Waals surface area (Å²) in [5.74, 6) is 1.12. The largest absolute Gasteiger partial charge is 0.465 e. The highest BCUT2D eigenvalue weighted by molar-refractivity contribution is 6.34. The van der Waals surface area contributed by atoms with Crippen LogP contribution >= 0.6 is 0 Å². The van der Waals surface area contributed by atoms with Crippen LogP contribution in [0.1, 0.15) is 37.7 Å². The maximum Gasteiger partial charge on any atom is 0.257 e. The second-order valence-electron chi connectivity index (χ2n) is 5.90. The first-order valence-corrected chi connectivity index (χ1v) is 6.52. The number of anilines is 1. The summed E-state index contributed by atoms with van der Waals surface area (Å²) in [5, 5.41) is 2.78. The predicted molar refractivity (Wildman–Crippen MR) is 78.1 cm³/mol. The van der Waals surface area contributed by atoms with Crippen molar-refractivity contribution in [3.05, 3.63) is 47.5 Å². The van der Waals surface area contributed by atoms with Crippen LogP contribution in [-0.4, -0.2) is 10.9 Å². The van der Waals surface area contributed by atoms with Gasteiger partial charge in [-0.1, -0.05) is 20.8 Å². The molecule has 1 N–H and O–H groups in total. The van der Waals surface area contributed by atoms with Crippen LogP contribution < -0.4 is 5.32 Å². The molecule has 102 valence electrons. The predicted octanol–water partition coefficient (Wildman–Crippen LogP) is 3.46. The zero-order valence-corrected chi connectivity index (χ0v) is 11.7.